The van der Waals surface area contributed by atoms with Crippen LogP contribution in [-0.4, -0.2) is 21.5 Å². The van der Waals surface area contributed by atoms with Gasteiger partial charge in [0.15, 0.2) is 0 Å². The summed E-state index contributed by atoms with van der Waals surface area (Å²) in [4.78, 5) is 11.1. The molecule has 0 spiro atoms. The molecule has 2 aromatic heterocycles. The molecule has 0 radical (unpaired) electrons. The summed E-state index contributed by atoms with van der Waals surface area (Å²) in [6.07, 6.45) is 4.29. The summed E-state index contributed by atoms with van der Waals surface area (Å²) in [5, 5.41) is 3.53. The Morgan fingerprint density at radius 2 is 2.31 bits per heavy atom. The molecule has 0 unspecified atom stereocenters. The highest BCUT2D eigenvalue weighted by Gasteiger charge is 1.99. The molecule has 0 amide bonds. The van der Waals surface area contributed by atoms with Crippen LogP contribution in [-0.2, 0) is 6.42 Å². The van der Waals surface area contributed by atoms with Crippen molar-refractivity contribution in [1.82, 2.24) is 15.0 Å². The topological polar surface area (TPSA) is 79.6 Å². The number of imidazole rings is 1. The summed E-state index contributed by atoms with van der Waals surface area (Å²) in [6, 6.07) is 3.36. The second-order valence-electron chi connectivity index (χ2n) is 3.36. The fourth-order valence-corrected chi connectivity index (χ4v) is 1.57. The number of nitrogens with zero attached hydrogens (tertiary/aromatic N) is 2. The second kappa shape index (κ2) is 4.85. The lowest BCUT2D eigenvalue weighted by Crippen LogP contribution is -2.07. The van der Waals surface area contributed by atoms with E-state index in [1.54, 1.807) is 24.7 Å². The molecule has 2 aromatic rings. The summed E-state index contributed by atoms with van der Waals surface area (Å²) in [6.45, 7) is 0.745. The van der Waals surface area contributed by atoms with Crippen molar-refractivity contribution >= 4 is 23.1 Å². The highest BCUT2D eigenvalue weighted by Crippen LogP contribution is 2.15. The van der Waals surface area contributed by atoms with Crippen LogP contribution in [0.15, 0.2) is 24.7 Å². The van der Waals surface area contributed by atoms with Crippen molar-refractivity contribution in [3.63, 3.8) is 0 Å². The van der Waals surface area contributed by atoms with Gasteiger partial charge in [-0.1, -0.05) is 11.6 Å². The molecule has 4 N–H and O–H groups in total. The van der Waals surface area contributed by atoms with Crippen LogP contribution in [0, 0.1) is 0 Å². The third-order valence-corrected chi connectivity index (χ3v) is 2.27. The predicted molar refractivity (Wildman–Crippen MR) is 64.4 cm³/mol. The van der Waals surface area contributed by atoms with E-state index in [2.05, 4.69) is 20.3 Å². The third-order valence-electron chi connectivity index (χ3n) is 2.07. The minimum Gasteiger partial charge on any atom is -0.399 e. The van der Waals surface area contributed by atoms with Gasteiger partial charge in [0.1, 0.15) is 11.0 Å². The van der Waals surface area contributed by atoms with Gasteiger partial charge in [-0.2, -0.15) is 0 Å². The van der Waals surface area contributed by atoms with Crippen molar-refractivity contribution in [3.05, 3.63) is 35.5 Å². The summed E-state index contributed by atoms with van der Waals surface area (Å²) in [7, 11) is 0. The summed E-state index contributed by atoms with van der Waals surface area (Å²) in [5.41, 5.74) is 7.32. The number of pyridine rings is 1. The van der Waals surface area contributed by atoms with Gasteiger partial charge in [0.25, 0.3) is 0 Å². The molecule has 84 valence electrons. The van der Waals surface area contributed by atoms with Gasteiger partial charge >= 0.3 is 0 Å². The number of rotatable bonds is 4. The first-order valence-corrected chi connectivity index (χ1v) is 5.26. The van der Waals surface area contributed by atoms with Crippen LogP contribution in [0.5, 0.6) is 0 Å². The van der Waals surface area contributed by atoms with Crippen molar-refractivity contribution in [3.8, 4) is 0 Å². The molecule has 0 aliphatic heterocycles. The molecule has 16 heavy (non-hydrogen) atoms. The number of halogens is 1. The molecule has 0 aliphatic rings. The van der Waals surface area contributed by atoms with Gasteiger partial charge < -0.3 is 16.0 Å². The minimum absolute atomic E-state index is 0.393. The largest absolute Gasteiger partial charge is 0.399 e. The van der Waals surface area contributed by atoms with E-state index in [0.717, 1.165) is 18.7 Å². The normalized spacial score (nSPS) is 10.3. The van der Waals surface area contributed by atoms with Crippen LogP contribution in [0.1, 0.15) is 5.69 Å². The first-order valence-electron chi connectivity index (χ1n) is 4.88. The Morgan fingerprint density at radius 1 is 1.44 bits per heavy atom. The number of hydrogen-bond acceptors (Lipinski definition) is 4. The zero-order valence-electron chi connectivity index (χ0n) is 8.57. The number of aromatic nitrogens is 3. The third kappa shape index (κ3) is 2.87. The van der Waals surface area contributed by atoms with E-state index in [1.807, 2.05) is 0 Å². The highest BCUT2D eigenvalue weighted by molar-refractivity contribution is 6.29. The van der Waals surface area contributed by atoms with Gasteiger partial charge in [-0.15, -0.1) is 0 Å². The van der Waals surface area contributed by atoms with Crippen LogP contribution < -0.4 is 11.1 Å². The maximum absolute atomic E-state index is 5.78. The Balaban J connectivity index is 1.89. The molecular formula is C10H12ClN5. The van der Waals surface area contributed by atoms with Crippen LogP contribution in [0.2, 0.25) is 5.15 Å². The zero-order valence-corrected chi connectivity index (χ0v) is 9.33. The second-order valence-corrected chi connectivity index (χ2v) is 3.75. The van der Waals surface area contributed by atoms with Gasteiger partial charge in [-0.25, -0.2) is 9.97 Å². The van der Waals surface area contributed by atoms with Crippen LogP contribution in [0.25, 0.3) is 0 Å². The fraction of sp³-hybridized carbons (Fsp3) is 0.200. The number of hydrogen-bond donors (Lipinski definition) is 3. The Morgan fingerprint density at radius 3 is 3.00 bits per heavy atom. The maximum Gasteiger partial charge on any atom is 0.133 e. The molecule has 0 bridgehead atoms. The first-order chi connectivity index (χ1) is 7.74. The van der Waals surface area contributed by atoms with E-state index in [0.29, 0.717) is 16.7 Å². The van der Waals surface area contributed by atoms with Gasteiger partial charge in [-0.05, 0) is 6.07 Å². The quantitative estimate of drug-likeness (QED) is 0.707. The first kappa shape index (κ1) is 10.8. The minimum atomic E-state index is 0.393. The molecule has 5 nitrogen and oxygen atoms in total. The molecule has 0 fully saturated rings. The number of anilines is 2. The van der Waals surface area contributed by atoms with Crippen molar-refractivity contribution in [2.45, 2.75) is 6.42 Å². The Kier molecular flexibility index (Phi) is 3.26. The molecule has 0 aromatic carbocycles. The van der Waals surface area contributed by atoms with Crippen LogP contribution in [0.4, 0.5) is 11.5 Å². The van der Waals surface area contributed by atoms with E-state index < -0.39 is 0 Å². The smallest absolute Gasteiger partial charge is 0.133 e. The average Bonchev–Trinajstić information content (AvgIpc) is 2.69. The zero-order chi connectivity index (χ0) is 11.4. The Hall–Kier alpha value is -1.75. The molecule has 0 aliphatic carbocycles. The molecule has 2 rings (SSSR count). The summed E-state index contributed by atoms with van der Waals surface area (Å²) in [5.74, 6) is 0.685. The SMILES string of the molecule is Nc1cc(Cl)nc(NCCc2cnc[nH]2)c1. The maximum atomic E-state index is 5.78. The van der Waals surface area contributed by atoms with E-state index in [-0.39, 0.29) is 0 Å². The van der Waals surface area contributed by atoms with E-state index in [9.17, 15) is 0 Å². The van der Waals surface area contributed by atoms with E-state index in [4.69, 9.17) is 17.3 Å². The lowest BCUT2D eigenvalue weighted by molar-refractivity contribution is 0.968. The Labute approximate surface area is 98.1 Å². The molecule has 0 atom stereocenters. The lowest BCUT2D eigenvalue weighted by atomic mass is 10.3. The lowest BCUT2D eigenvalue weighted by Gasteiger charge is -2.05. The number of nitrogen functional groups attached to an aromatic ring is 1. The van der Waals surface area contributed by atoms with Crippen molar-refractivity contribution in [1.29, 1.82) is 0 Å². The summed E-state index contributed by atoms with van der Waals surface area (Å²) < 4.78 is 0. The highest BCUT2D eigenvalue weighted by atomic mass is 35.5. The Bertz CT molecular complexity index is 434. The average molecular weight is 238 g/mol. The summed E-state index contributed by atoms with van der Waals surface area (Å²) >= 11 is 5.78. The molecule has 2 heterocycles. The van der Waals surface area contributed by atoms with Crippen molar-refractivity contribution in [2.75, 3.05) is 17.6 Å². The molecule has 6 heteroatoms. The molecule has 0 saturated carbocycles. The predicted octanol–water partition coefficient (Wildman–Crippen LogP) is 1.69. The van der Waals surface area contributed by atoms with Gasteiger partial charge in [0.2, 0.25) is 0 Å². The van der Waals surface area contributed by atoms with Crippen LogP contribution >= 0.6 is 11.6 Å². The molecular weight excluding hydrogens is 226 g/mol. The van der Waals surface area contributed by atoms with Crippen molar-refractivity contribution < 1.29 is 0 Å². The standard InChI is InChI=1S/C10H12ClN5/c11-9-3-7(12)4-10(16-9)14-2-1-8-5-13-6-15-8/h3-6H,1-2H2,(H,13,15)(H3,12,14,16). The number of nitrogens with one attached hydrogen (secondary N) is 2. The van der Waals surface area contributed by atoms with Crippen LogP contribution in [0.3, 0.4) is 0 Å². The molecule has 0 saturated heterocycles. The van der Waals surface area contributed by atoms with E-state index >= 15 is 0 Å². The van der Waals surface area contributed by atoms with Gasteiger partial charge in [-0.3, -0.25) is 0 Å². The fourth-order valence-electron chi connectivity index (χ4n) is 1.35. The van der Waals surface area contributed by atoms with Crippen molar-refractivity contribution in [2.24, 2.45) is 0 Å². The number of nitrogens with two attached hydrogens (primary N) is 1. The monoisotopic (exact) mass is 237 g/mol. The van der Waals surface area contributed by atoms with Gasteiger partial charge in [0, 0.05) is 36.6 Å². The number of H-pyrrole nitrogens is 1. The number of aromatic amines is 1. The van der Waals surface area contributed by atoms with E-state index in [1.165, 1.54) is 0 Å². The van der Waals surface area contributed by atoms with Gasteiger partial charge in [0.05, 0.1) is 6.33 Å².